The molecule has 1 fully saturated rings. The summed E-state index contributed by atoms with van der Waals surface area (Å²) in [6, 6.07) is 5.70. The lowest BCUT2D eigenvalue weighted by Gasteiger charge is -2.30. The predicted molar refractivity (Wildman–Crippen MR) is 78.3 cm³/mol. The van der Waals surface area contributed by atoms with E-state index in [0.29, 0.717) is 18.4 Å². The van der Waals surface area contributed by atoms with Crippen LogP contribution in [0.25, 0.3) is 0 Å². The average molecular weight is 290 g/mol. The van der Waals surface area contributed by atoms with Gasteiger partial charge in [-0.1, -0.05) is 29.3 Å². The molecular formula is C13H17Cl2NS. The zero-order valence-electron chi connectivity index (χ0n) is 9.66. The maximum absolute atomic E-state index is 6.28. The van der Waals surface area contributed by atoms with E-state index in [4.69, 9.17) is 28.9 Å². The number of hydrogen-bond acceptors (Lipinski definition) is 2. The molecule has 0 spiro atoms. The molecule has 1 nitrogen and oxygen atoms in total. The van der Waals surface area contributed by atoms with Crippen LogP contribution in [0, 0.1) is 5.92 Å². The molecule has 1 saturated heterocycles. The van der Waals surface area contributed by atoms with Crippen LogP contribution in [-0.2, 0) is 0 Å². The Balaban J connectivity index is 2.27. The van der Waals surface area contributed by atoms with E-state index in [1.165, 1.54) is 24.3 Å². The Kier molecular flexibility index (Phi) is 5.04. The molecule has 2 rings (SSSR count). The maximum atomic E-state index is 6.28. The third-order valence-electron chi connectivity index (χ3n) is 3.46. The first-order valence-electron chi connectivity index (χ1n) is 5.95. The van der Waals surface area contributed by atoms with E-state index in [1.807, 2.05) is 30.0 Å². The van der Waals surface area contributed by atoms with Crippen molar-refractivity contribution in [2.45, 2.75) is 18.8 Å². The topological polar surface area (TPSA) is 26.0 Å². The fraction of sp³-hybridized carbons (Fsp3) is 0.538. The summed E-state index contributed by atoms with van der Waals surface area (Å²) in [5.74, 6) is 3.38. The summed E-state index contributed by atoms with van der Waals surface area (Å²) in [5.41, 5.74) is 7.00. The summed E-state index contributed by atoms with van der Waals surface area (Å²) in [6.07, 6.45) is 2.43. The van der Waals surface area contributed by atoms with Crippen molar-refractivity contribution in [3.8, 4) is 0 Å². The highest BCUT2D eigenvalue weighted by Gasteiger charge is 2.27. The summed E-state index contributed by atoms with van der Waals surface area (Å²) in [4.78, 5) is 0. The average Bonchev–Trinajstić information content (AvgIpc) is 2.35. The molecule has 0 aromatic heterocycles. The Morgan fingerprint density at radius 1 is 1.24 bits per heavy atom. The molecule has 0 radical (unpaired) electrons. The first-order valence-corrected chi connectivity index (χ1v) is 7.86. The second-order valence-electron chi connectivity index (χ2n) is 4.43. The lowest BCUT2D eigenvalue weighted by molar-refractivity contribution is 0.401. The first kappa shape index (κ1) is 13.5. The molecule has 0 bridgehead atoms. The van der Waals surface area contributed by atoms with Gasteiger partial charge in [-0.3, -0.25) is 0 Å². The van der Waals surface area contributed by atoms with Gasteiger partial charge in [-0.25, -0.2) is 0 Å². The van der Waals surface area contributed by atoms with Gasteiger partial charge >= 0.3 is 0 Å². The summed E-state index contributed by atoms with van der Waals surface area (Å²) in [5, 5.41) is 1.51. The van der Waals surface area contributed by atoms with Crippen LogP contribution >= 0.6 is 35.0 Å². The zero-order chi connectivity index (χ0) is 12.3. The number of nitrogens with two attached hydrogens (primary N) is 1. The lowest BCUT2D eigenvalue weighted by Crippen LogP contribution is -2.25. The van der Waals surface area contributed by atoms with E-state index in [2.05, 4.69) is 0 Å². The van der Waals surface area contributed by atoms with Gasteiger partial charge in [0, 0.05) is 16.0 Å². The number of hydrogen-bond donors (Lipinski definition) is 1. The standard InChI is InChI=1S/C13H17Cl2NS/c14-11-2-1-3-12(15)13(11)10(8-16)9-4-6-17-7-5-9/h1-3,9-10H,4-8,16H2. The monoisotopic (exact) mass is 289 g/mol. The fourth-order valence-electron chi connectivity index (χ4n) is 2.53. The van der Waals surface area contributed by atoms with Crippen molar-refractivity contribution in [2.75, 3.05) is 18.1 Å². The molecule has 1 aromatic rings. The molecule has 1 aromatic carbocycles. The van der Waals surface area contributed by atoms with Crippen molar-refractivity contribution in [1.82, 2.24) is 0 Å². The van der Waals surface area contributed by atoms with Gasteiger partial charge in [0.1, 0.15) is 0 Å². The quantitative estimate of drug-likeness (QED) is 0.903. The molecule has 17 heavy (non-hydrogen) atoms. The normalized spacial score (nSPS) is 19.2. The van der Waals surface area contributed by atoms with Crippen LogP contribution in [0.5, 0.6) is 0 Å². The van der Waals surface area contributed by atoms with Crippen LogP contribution < -0.4 is 5.73 Å². The number of rotatable bonds is 3. The Morgan fingerprint density at radius 3 is 2.35 bits per heavy atom. The molecule has 0 aliphatic carbocycles. The van der Waals surface area contributed by atoms with Crippen LogP contribution in [0.2, 0.25) is 10.0 Å². The van der Waals surface area contributed by atoms with E-state index in [-0.39, 0.29) is 0 Å². The minimum atomic E-state index is 0.303. The molecular weight excluding hydrogens is 273 g/mol. The van der Waals surface area contributed by atoms with E-state index in [9.17, 15) is 0 Å². The maximum Gasteiger partial charge on any atom is 0.0456 e. The van der Waals surface area contributed by atoms with Crippen LogP contribution in [-0.4, -0.2) is 18.1 Å². The second-order valence-corrected chi connectivity index (χ2v) is 6.47. The van der Waals surface area contributed by atoms with Gasteiger partial charge < -0.3 is 5.73 Å². The number of thioether (sulfide) groups is 1. The molecule has 2 N–H and O–H groups in total. The van der Waals surface area contributed by atoms with Crippen molar-refractivity contribution in [3.05, 3.63) is 33.8 Å². The summed E-state index contributed by atoms with van der Waals surface area (Å²) >= 11 is 14.6. The third-order valence-corrected chi connectivity index (χ3v) is 5.17. The van der Waals surface area contributed by atoms with Crippen LogP contribution in [0.4, 0.5) is 0 Å². The van der Waals surface area contributed by atoms with Crippen molar-refractivity contribution >= 4 is 35.0 Å². The highest BCUT2D eigenvalue weighted by Crippen LogP contribution is 2.40. The molecule has 1 aliphatic rings. The first-order chi connectivity index (χ1) is 8.24. The van der Waals surface area contributed by atoms with E-state index in [0.717, 1.165) is 15.6 Å². The highest BCUT2D eigenvalue weighted by atomic mass is 35.5. The Hall–Kier alpha value is 0.110. The SMILES string of the molecule is NCC(c1c(Cl)cccc1Cl)C1CCSCC1. The van der Waals surface area contributed by atoms with E-state index in [1.54, 1.807) is 0 Å². The van der Waals surface area contributed by atoms with Gasteiger partial charge in [0.05, 0.1) is 0 Å². The molecule has 1 heterocycles. The second kappa shape index (κ2) is 6.33. The minimum absolute atomic E-state index is 0.303. The van der Waals surface area contributed by atoms with Gasteiger partial charge in [-0.15, -0.1) is 0 Å². The van der Waals surface area contributed by atoms with Crippen LogP contribution in [0.1, 0.15) is 24.3 Å². The molecule has 0 amide bonds. The molecule has 1 atom stereocenters. The Labute approximate surface area is 117 Å². The largest absolute Gasteiger partial charge is 0.330 e. The smallest absolute Gasteiger partial charge is 0.0456 e. The van der Waals surface area contributed by atoms with Gasteiger partial charge in [0.15, 0.2) is 0 Å². The zero-order valence-corrected chi connectivity index (χ0v) is 12.0. The molecule has 94 valence electrons. The van der Waals surface area contributed by atoms with Crippen molar-refractivity contribution in [3.63, 3.8) is 0 Å². The van der Waals surface area contributed by atoms with Crippen molar-refractivity contribution in [2.24, 2.45) is 11.7 Å². The van der Waals surface area contributed by atoms with Gasteiger partial charge in [0.25, 0.3) is 0 Å². The number of benzene rings is 1. The summed E-state index contributed by atoms with van der Waals surface area (Å²) < 4.78 is 0. The fourth-order valence-corrected chi connectivity index (χ4v) is 4.35. The third kappa shape index (κ3) is 3.11. The van der Waals surface area contributed by atoms with E-state index < -0.39 is 0 Å². The van der Waals surface area contributed by atoms with Crippen LogP contribution in [0.15, 0.2) is 18.2 Å². The van der Waals surface area contributed by atoms with Gasteiger partial charge in [-0.2, -0.15) is 11.8 Å². The summed E-state index contributed by atoms with van der Waals surface area (Å²) in [6.45, 7) is 0.624. The van der Waals surface area contributed by atoms with E-state index >= 15 is 0 Å². The Morgan fingerprint density at radius 2 is 1.82 bits per heavy atom. The predicted octanol–water partition coefficient (Wildman–Crippen LogP) is 4.18. The molecule has 1 unspecified atom stereocenters. The van der Waals surface area contributed by atoms with Crippen molar-refractivity contribution in [1.29, 1.82) is 0 Å². The number of halogens is 2. The molecule has 0 saturated carbocycles. The lowest BCUT2D eigenvalue weighted by atomic mass is 9.82. The highest BCUT2D eigenvalue weighted by molar-refractivity contribution is 7.99. The van der Waals surface area contributed by atoms with Gasteiger partial charge in [0.2, 0.25) is 0 Å². The van der Waals surface area contributed by atoms with Crippen LogP contribution in [0.3, 0.4) is 0 Å². The molecule has 4 heteroatoms. The van der Waals surface area contributed by atoms with Crippen molar-refractivity contribution < 1.29 is 0 Å². The minimum Gasteiger partial charge on any atom is -0.330 e. The Bertz CT molecular complexity index is 357. The summed E-state index contributed by atoms with van der Waals surface area (Å²) in [7, 11) is 0. The van der Waals surface area contributed by atoms with Gasteiger partial charge in [-0.05, 0) is 54.5 Å². The molecule has 1 aliphatic heterocycles.